The second-order valence-corrected chi connectivity index (χ2v) is 3.52. The standard InChI is InChI=1S/C10H8O2S/c1-7-5-13-6-8(7)10(11)9-3-2-4-12-9/h2-6H,1H3. The van der Waals surface area contributed by atoms with Crippen LogP contribution in [0.4, 0.5) is 0 Å². The number of carbonyl (C=O) groups excluding carboxylic acids is 1. The van der Waals surface area contributed by atoms with E-state index in [0.717, 1.165) is 11.1 Å². The molecule has 0 radical (unpaired) electrons. The molecule has 13 heavy (non-hydrogen) atoms. The van der Waals surface area contributed by atoms with Crippen LogP contribution in [0.3, 0.4) is 0 Å². The minimum absolute atomic E-state index is 0.0382. The summed E-state index contributed by atoms with van der Waals surface area (Å²) in [5, 5.41) is 3.80. The second-order valence-electron chi connectivity index (χ2n) is 2.77. The fraction of sp³-hybridized carbons (Fsp3) is 0.100. The Hall–Kier alpha value is -1.35. The van der Waals surface area contributed by atoms with E-state index in [1.54, 1.807) is 12.1 Å². The number of hydrogen-bond acceptors (Lipinski definition) is 3. The normalized spacial score (nSPS) is 10.2. The van der Waals surface area contributed by atoms with Crippen molar-refractivity contribution in [1.82, 2.24) is 0 Å². The average Bonchev–Trinajstić information content (AvgIpc) is 2.72. The van der Waals surface area contributed by atoms with Gasteiger partial charge in [-0.15, -0.1) is 0 Å². The van der Waals surface area contributed by atoms with E-state index in [-0.39, 0.29) is 5.78 Å². The quantitative estimate of drug-likeness (QED) is 0.685. The fourth-order valence-electron chi connectivity index (χ4n) is 1.13. The summed E-state index contributed by atoms with van der Waals surface area (Å²) in [7, 11) is 0. The zero-order valence-corrected chi connectivity index (χ0v) is 7.93. The Kier molecular flexibility index (Phi) is 2.02. The van der Waals surface area contributed by atoms with Gasteiger partial charge in [0.2, 0.25) is 5.78 Å². The number of furan rings is 1. The number of ketones is 1. The predicted molar refractivity (Wildman–Crippen MR) is 51.2 cm³/mol. The third-order valence-corrected chi connectivity index (χ3v) is 2.71. The molecule has 0 atom stereocenters. The fourth-order valence-corrected chi connectivity index (χ4v) is 1.96. The van der Waals surface area contributed by atoms with E-state index in [4.69, 9.17) is 4.42 Å². The highest BCUT2D eigenvalue weighted by atomic mass is 32.1. The van der Waals surface area contributed by atoms with E-state index in [1.807, 2.05) is 17.7 Å². The molecule has 0 aliphatic heterocycles. The van der Waals surface area contributed by atoms with Crippen LogP contribution in [0.5, 0.6) is 0 Å². The van der Waals surface area contributed by atoms with Gasteiger partial charge >= 0.3 is 0 Å². The first-order chi connectivity index (χ1) is 6.29. The first kappa shape index (κ1) is 8.26. The smallest absolute Gasteiger partial charge is 0.229 e. The van der Waals surface area contributed by atoms with Crippen LogP contribution in [0.15, 0.2) is 33.6 Å². The summed E-state index contributed by atoms with van der Waals surface area (Å²) in [5.74, 6) is 0.366. The summed E-state index contributed by atoms with van der Waals surface area (Å²) in [6, 6.07) is 3.40. The Morgan fingerprint density at radius 3 is 2.85 bits per heavy atom. The number of carbonyl (C=O) groups is 1. The highest BCUT2D eigenvalue weighted by Crippen LogP contribution is 2.18. The molecular formula is C10H8O2S. The Labute approximate surface area is 79.8 Å². The van der Waals surface area contributed by atoms with Gasteiger partial charge in [-0.05, 0) is 30.0 Å². The zero-order chi connectivity index (χ0) is 9.26. The maximum atomic E-state index is 11.7. The van der Waals surface area contributed by atoms with E-state index in [0.29, 0.717) is 5.76 Å². The molecule has 0 amide bonds. The Morgan fingerprint density at radius 1 is 1.46 bits per heavy atom. The molecule has 2 nitrogen and oxygen atoms in total. The van der Waals surface area contributed by atoms with Gasteiger partial charge in [-0.1, -0.05) is 0 Å². The van der Waals surface area contributed by atoms with Gasteiger partial charge in [0.05, 0.1) is 6.26 Å². The maximum Gasteiger partial charge on any atom is 0.229 e. The molecule has 66 valence electrons. The largest absolute Gasteiger partial charge is 0.461 e. The van der Waals surface area contributed by atoms with Gasteiger partial charge in [0.1, 0.15) is 0 Å². The monoisotopic (exact) mass is 192 g/mol. The Bertz CT molecular complexity index is 412. The van der Waals surface area contributed by atoms with Gasteiger partial charge in [0.15, 0.2) is 5.76 Å². The average molecular weight is 192 g/mol. The molecule has 0 aliphatic rings. The van der Waals surface area contributed by atoms with Gasteiger partial charge < -0.3 is 4.42 Å². The van der Waals surface area contributed by atoms with Crippen molar-refractivity contribution in [2.75, 3.05) is 0 Å². The van der Waals surface area contributed by atoms with Crippen molar-refractivity contribution in [3.63, 3.8) is 0 Å². The minimum atomic E-state index is -0.0382. The van der Waals surface area contributed by atoms with Crippen molar-refractivity contribution >= 4 is 17.1 Å². The van der Waals surface area contributed by atoms with Crippen molar-refractivity contribution in [2.24, 2.45) is 0 Å². The third kappa shape index (κ3) is 1.42. The molecule has 0 bridgehead atoms. The van der Waals surface area contributed by atoms with E-state index in [2.05, 4.69) is 0 Å². The lowest BCUT2D eigenvalue weighted by Crippen LogP contribution is -1.98. The van der Waals surface area contributed by atoms with Crippen molar-refractivity contribution < 1.29 is 9.21 Å². The van der Waals surface area contributed by atoms with Gasteiger partial charge in [-0.25, -0.2) is 0 Å². The predicted octanol–water partition coefficient (Wildman–Crippen LogP) is 2.88. The molecule has 3 heteroatoms. The van der Waals surface area contributed by atoms with Crippen LogP contribution in [0, 0.1) is 6.92 Å². The van der Waals surface area contributed by atoms with E-state index >= 15 is 0 Å². The van der Waals surface area contributed by atoms with Crippen LogP contribution < -0.4 is 0 Å². The van der Waals surface area contributed by atoms with Gasteiger partial charge in [-0.2, -0.15) is 11.3 Å². The third-order valence-electron chi connectivity index (χ3n) is 1.85. The molecular weight excluding hydrogens is 184 g/mol. The lowest BCUT2D eigenvalue weighted by molar-refractivity contribution is 0.101. The van der Waals surface area contributed by atoms with Gasteiger partial charge in [0, 0.05) is 10.9 Å². The summed E-state index contributed by atoms with van der Waals surface area (Å²) in [6.07, 6.45) is 1.51. The Balaban J connectivity index is 2.39. The molecule has 2 aromatic heterocycles. The second kappa shape index (κ2) is 3.18. The van der Waals surface area contributed by atoms with Crippen LogP contribution in [0.2, 0.25) is 0 Å². The summed E-state index contributed by atoms with van der Waals surface area (Å²) >= 11 is 1.53. The Morgan fingerprint density at radius 2 is 2.31 bits per heavy atom. The highest BCUT2D eigenvalue weighted by molar-refractivity contribution is 7.08. The van der Waals surface area contributed by atoms with Gasteiger partial charge in [0.25, 0.3) is 0 Å². The number of hydrogen-bond donors (Lipinski definition) is 0. The molecule has 0 fully saturated rings. The molecule has 0 aromatic carbocycles. The zero-order valence-electron chi connectivity index (χ0n) is 7.11. The number of rotatable bonds is 2. The van der Waals surface area contributed by atoms with Crippen molar-refractivity contribution in [3.05, 3.63) is 46.0 Å². The summed E-state index contributed by atoms with van der Waals surface area (Å²) < 4.78 is 5.03. The van der Waals surface area contributed by atoms with Crippen LogP contribution in [0.25, 0.3) is 0 Å². The summed E-state index contributed by atoms with van der Waals surface area (Å²) in [6.45, 7) is 1.92. The molecule has 2 rings (SSSR count). The first-order valence-corrected chi connectivity index (χ1v) is 4.84. The molecule has 2 aromatic rings. The molecule has 0 spiro atoms. The molecule has 0 saturated carbocycles. The lowest BCUT2D eigenvalue weighted by Gasteiger charge is -1.94. The van der Waals surface area contributed by atoms with Crippen LogP contribution >= 0.6 is 11.3 Å². The molecule has 0 saturated heterocycles. The number of thiophene rings is 1. The minimum Gasteiger partial charge on any atom is -0.461 e. The van der Waals surface area contributed by atoms with Gasteiger partial charge in [-0.3, -0.25) is 4.79 Å². The van der Waals surface area contributed by atoms with Crippen LogP contribution in [-0.2, 0) is 0 Å². The molecule has 0 unspecified atom stereocenters. The first-order valence-electron chi connectivity index (χ1n) is 3.90. The van der Waals surface area contributed by atoms with Crippen LogP contribution in [-0.4, -0.2) is 5.78 Å². The van der Waals surface area contributed by atoms with Crippen molar-refractivity contribution in [2.45, 2.75) is 6.92 Å². The molecule has 0 N–H and O–H groups in total. The molecule has 0 aliphatic carbocycles. The van der Waals surface area contributed by atoms with Crippen molar-refractivity contribution in [1.29, 1.82) is 0 Å². The topological polar surface area (TPSA) is 30.2 Å². The van der Waals surface area contributed by atoms with E-state index in [9.17, 15) is 4.79 Å². The SMILES string of the molecule is Cc1cscc1C(=O)c1ccco1. The van der Waals surface area contributed by atoms with E-state index in [1.165, 1.54) is 17.6 Å². The number of aryl methyl sites for hydroxylation is 1. The summed E-state index contributed by atoms with van der Waals surface area (Å²) in [5.41, 5.74) is 1.74. The lowest BCUT2D eigenvalue weighted by atomic mass is 10.1. The van der Waals surface area contributed by atoms with E-state index < -0.39 is 0 Å². The summed E-state index contributed by atoms with van der Waals surface area (Å²) in [4.78, 5) is 11.7. The van der Waals surface area contributed by atoms with Crippen LogP contribution in [0.1, 0.15) is 21.7 Å². The molecule has 2 heterocycles. The highest BCUT2D eigenvalue weighted by Gasteiger charge is 2.14. The van der Waals surface area contributed by atoms with Crippen molar-refractivity contribution in [3.8, 4) is 0 Å². The maximum absolute atomic E-state index is 11.7.